The number of likely N-dealkylation sites (N-methyl/N-ethyl adjacent to an activating group) is 1. The molecule has 8 heteroatoms. The fraction of sp³-hybridized carbons (Fsp3) is 0.533. The van der Waals surface area contributed by atoms with Crippen molar-refractivity contribution in [2.75, 3.05) is 32.1 Å². The Morgan fingerprint density at radius 3 is 2.87 bits per heavy atom. The van der Waals surface area contributed by atoms with Gasteiger partial charge in [-0.05, 0) is 25.1 Å². The summed E-state index contributed by atoms with van der Waals surface area (Å²) in [6.07, 6.45) is 0.988. The molecule has 0 spiro atoms. The van der Waals surface area contributed by atoms with Crippen LogP contribution in [0.5, 0.6) is 5.75 Å². The molecule has 0 aromatic heterocycles. The van der Waals surface area contributed by atoms with E-state index < -0.39 is 5.82 Å². The Morgan fingerprint density at radius 1 is 1.39 bits per heavy atom. The number of ether oxygens (including phenoxy) is 1. The number of piperidine rings is 1. The van der Waals surface area contributed by atoms with Gasteiger partial charge in [-0.3, -0.25) is 10.2 Å². The van der Waals surface area contributed by atoms with E-state index >= 15 is 0 Å². The molecule has 3 N–H and O–H groups in total. The number of nitrogens with one attached hydrogen (secondary N) is 3. The minimum atomic E-state index is -0.477. The molecule has 3 atom stereocenters. The lowest BCUT2D eigenvalue weighted by molar-refractivity contribution is -0.121. The fourth-order valence-corrected chi connectivity index (χ4v) is 3.16. The summed E-state index contributed by atoms with van der Waals surface area (Å²) in [4.78, 5) is 14.2. The monoisotopic (exact) mass is 344 g/mol. The number of methoxy groups -OCH3 is 1. The summed E-state index contributed by atoms with van der Waals surface area (Å²) in [5, 5.41) is 3.32. The third kappa shape index (κ3) is 3.42. The van der Waals surface area contributed by atoms with Crippen LogP contribution in [0, 0.1) is 11.7 Å². The van der Waals surface area contributed by atoms with Crippen LogP contribution < -0.4 is 25.8 Å². The van der Waals surface area contributed by atoms with Crippen molar-refractivity contribution in [2.24, 2.45) is 5.92 Å². The van der Waals surface area contributed by atoms with Crippen LogP contribution in [-0.4, -0.2) is 45.2 Å². The van der Waals surface area contributed by atoms with Crippen molar-refractivity contribution in [3.8, 4) is 5.75 Å². The molecule has 1 aromatic carbocycles. The van der Waals surface area contributed by atoms with Crippen LogP contribution in [-0.2, 0) is 4.79 Å². The largest absolute Gasteiger partial charge is 0.494 e. The van der Waals surface area contributed by atoms with Gasteiger partial charge in [0.1, 0.15) is 6.04 Å². The Bertz CT molecular complexity index is 574. The third-order valence-electron chi connectivity index (χ3n) is 4.50. The highest BCUT2D eigenvalue weighted by Crippen LogP contribution is 2.26. The second-order valence-electron chi connectivity index (χ2n) is 5.75. The van der Waals surface area contributed by atoms with E-state index in [1.54, 1.807) is 13.1 Å². The highest BCUT2D eigenvalue weighted by atomic mass is 35.5. The van der Waals surface area contributed by atoms with Gasteiger partial charge < -0.3 is 15.0 Å². The van der Waals surface area contributed by atoms with Crippen LogP contribution in [0.1, 0.15) is 6.42 Å². The van der Waals surface area contributed by atoms with Crippen molar-refractivity contribution in [1.82, 2.24) is 16.2 Å². The highest BCUT2D eigenvalue weighted by molar-refractivity contribution is 5.97. The van der Waals surface area contributed by atoms with E-state index in [2.05, 4.69) is 16.2 Å². The molecule has 2 aliphatic heterocycles. The number of hydrogen-bond donors (Lipinski definition) is 3. The lowest BCUT2D eigenvalue weighted by atomic mass is 9.89. The molecular formula is C15H22ClFN4O2. The second kappa shape index (κ2) is 7.44. The molecule has 128 valence electrons. The van der Waals surface area contributed by atoms with Gasteiger partial charge in [-0.2, -0.15) is 0 Å². The minimum Gasteiger partial charge on any atom is -0.494 e. The van der Waals surface area contributed by atoms with Crippen LogP contribution in [0.4, 0.5) is 10.1 Å². The van der Waals surface area contributed by atoms with Crippen molar-refractivity contribution < 1.29 is 13.9 Å². The number of benzene rings is 1. The number of carbonyl (C=O) groups excluding carboxylic acids is 1. The van der Waals surface area contributed by atoms with Gasteiger partial charge in [-0.1, -0.05) is 0 Å². The van der Waals surface area contributed by atoms with E-state index in [1.165, 1.54) is 24.1 Å². The molecule has 0 radical (unpaired) electrons. The Balaban J connectivity index is 0.00000192. The van der Waals surface area contributed by atoms with Gasteiger partial charge in [0.15, 0.2) is 11.6 Å². The van der Waals surface area contributed by atoms with Crippen LogP contribution in [0.2, 0.25) is 0 Å². The molecule has 2 aliphatic rings. The maximum atomic E-state index is 13.8. The predicted octanol–water partition coefficient (Wildman–Crippen LogP) is 0.673. The number of anilines is 1. The molecule has 2 fully saturated rings. The number of fused-ring (bicyclic) bond motifs is 1. The molecule has 3 rings (SSSR count). The molecule has 3 unspecified atom stereocenters. The van der Waals surface area contributed by atoms with Crippen molar-refractivity contribution >= 4 is 24.0 Å². The number of rotatable bonds is 3. The average molecular weight is 345 g/mol. The molecule has 23 heavy (non-hydrogen) atoms. The SMILES string of the molecule is COc1ccc(N(C)C(=O)C2NNC3CCNCC32)cc1F.Cl. The summed E-state index contributed by atoms with van der Waals surface area (Å²) in [5.74, 6) is -0.184. The molecule has 2 heterocycles. The topological polar surface area (TPSA) is 65.6 Å². The average Bonchev–Trinajstić information content (AvgIpc) is 2.97. The van der Waals surface area contributed by atoms with Crippen molar-refractivity contribution in [2.45, 2.75) is 18.5 Å². The number of hydrogen-bond acceptors (Lipinski definition) is 5. The maximum absolute atomic E-state index is 13.8. The van der Waals surface area contributed by atoms with E-state index in [9.17, 15) is 9.18 Å². The zero-order valence-electron chi connectivity index (χ0n) is 13.1. The number of carbonyl (C=O) groups is 1. The molecule has 0 aliphatic carbocycles. The van der Waals surface area contributed by atoms with Crippen molar-refractivity contribution in [1.29, 1.82) is 0 Å². The first-order valence-corrected chi connectivity index (χ1v) is 7.44. The number of halogens is 2. The first-order chi connectivity index (χ1) is 10.6. The summed E-state index contributed by atoms with van der Waals surface area (Å²) in [7, 11) is 3.08. The maximum Gasteiger partial charge on any atom is 0.245 e. The normalized spacial score (nSPS) is 26.1. The lowest BCUT2D eigenvalue weighted by Crippen LogP contribution is -2.49. The summed E-state index contributed by atoms with van der Waals surface area (Å²) >= 11 is 0. The van der Waals surface area contributed by atoms with E-state index in [1.807, 2.05) is 0 Å². The molecule has 6 nitrogen and oxygen atoms in total. The van der Waals surface area contributed by atoms with Crippen LogP contribution in [0.3, 0.4) is 0 Å². The van der Waals surface area contributed by atoms with Gasteiger partial charge in [0.2, 0.25) is 5.91 Å². The van der Waals surface area contributed by atoms with Crippen LogP contribution >= 0.6 is 12.4 Å². The van der Waals surface area contributed by atoms with Gasteiger partial charge in [-0.15, -0.1) is 12.4 Å². The standard InChI is InChI=1S/C15H21FN4O2.ClH/c1-20(9-3-4-13(22-2)11(16)7-9)15(21)14-10-8-17-6-5-12(10)18-19-14;/h3-4,7,10,12,14,17-19H,5-6,8H2,1-2H3;1H. The Morgan fingerprint density at radius 2 is 2.17 bits per heavy atom. The lowest BCUT2D eigenvalue weighted by Gasteiger charge is -2.29. The molecule has 1 amide bonds. The molecule has 0 bridgehead atoms. The zero-order valence-corrected chi connectivity index (χ0v) is 14.0. The summed E-state index contributed by atoms with van der Waals surface area (Å²) in [6.45, 7) is 1.75. The second-order valence-corrected chi connectivity index (χ2v) is 5.75. The highest BCUT2D eigenvalue weighted by Gasteiger charge is 2.42. The van der Waals surface area contributed by atoms with Crippen LogP contribution in [0.15, 0.2) is 18.2 Å². The summed E-state index contributed by atoms with van der Waals surface area (Å²) < 4.78 is 18.7. The number of nitrogens with zero attached hydrogens (tertiary/aromatic N) is 1. The van der Waals surface area contributed by atoms with Gasteiger partial charge in [0, 0.05) is 37.3 Å². The Kier molecular flexibility index (Phi) is 5.80. The van der Waals surface area contributed by atoms with Gasteiger partial charge >= 0.3 is 0 Å². The number of amides is 1. The first-order valence-electron chi connectivity index (χ1n) is 7.44. The van der Waals surface area contributed by atoms with Gasteiger partial charge in [-0.25, -0.2) is 9.82 Å². The molecule has 1 aromatic rings. The first kappa shape index (κ1) is 17.9. The summed E-state index contributed by atoms with van der Waals surface area (Å²) in [5.41, 5.74) is 6.79. The van der Waals surface area contributed by atoms with Crippen LogP contribution in [0.25, 0.3) is 0 Å². The van der Waals surface area contributed by atoms with E-state index in [0.29, 0.717) is 11.7 Å². The molecular weight excluding hydrogens is 323 g/mol. The van der Waals surface area contributed by atoms with E-state index in [0.717, 1.165) is 19.5 Å². The molecule has 0 saturated carbocycles. The predicted molar refractivity (Wildman–Crippen MR) is 88.4 cm³/mol. The van der Waals surface area contributed by atoms with E-state index in [4.69, 9.17) is 4.74 Å². The van der Waals surface area contributed by atoms with Crippen molar-refractivity contribution in [3.05, 3.63) is 24.0 Å². The Hall–Kier alpha value is -1.41. The smallest absolute Gasteiger partial charge is 0.245 e. The molecule has 2 saturated heterocycles. The van der Waals surface area contributed by atoms with Gasteiger partial charge in [0.25, 0.3) is 0 Å². The Labute approximate surface area is 141 Å². The van der Waals surface area contributed by atoms with E-state index in [-0.39, 0.29) is 36.0 Å². The van der Waals surface area contributed by atoms with Crippen molar-refractivity contribution in [3.63, 3.8) is 0 Å². The fourth-order valence-electron chi connectivity index (χ4n) is 3.16. The quantitative estimate of drug-likeness (QED) is 0.752. The minimum absolute atomic E-state index is 0. The van der Waals surface area contributed by atoms with Gasteiger partial charge in [0.05, 0.1) is 7.11 Å². The third-order valence-corrected chi connectivity index (χ3v) is 4.50. The number of hydrazine groups is 1. The zero-order chi connectivity index (χ0) is 15.7. The summed E-state index contributed by atoms with van der Waals surface area (Å²) in [6, 6.07) is 4.51.